The Kier molecular flexibility index (Phi) is 10.1. The SMILES string of the molecule is CNCCCNC(=O)CNC(=O)c1cccc(Br)c1.Cl. The van der Waals surface area contributed by atoms with Gasteiger partial charge in [-0.05, 0) is 38.2 Å². The van der Waals surface area contributed by atoms with Gasteiger partial charge in [0.05, 0.1) is 6.54 Å². The van der Waals surface area contributed by atoms with E-state index in [1.165, 1.54) is 0 Å². The molecular formula is C13H19BrClN3O2. The van der Waals surface area contributed by atoms with Crippen LogP contribution in [0.5, 0.6) is 0 Å². The summed E-state index contributed by atoms with van der Waals surface area (Å²) in [4.78, 5) is 23.2. The van der Waals surface area contributed by atoms with Crippen molar-refractivity contribution in [2.75, 3.05) is 26.7 Å². The summed E-state index contributed by atoms with van der Waals surface area (Å²) in [6.07, 6.45) is 0.863. The van der Waals surface area contributed by atoms with E-state index in [1.807, 2.05) is 13.1 Å². The second-order valence-corrected chi connectivity index (χ2v) is 4.92. The monoisotopic (exact) mass is 363 g/mol. The summed E-state index contributed by atoms with van der Waals surface area (Å²) in [7, 11) is 1.86. The number of nitrogens with one attached hydrogen (secondary N) is 3. The zero-order chi connectivity index (χ0) is 14.1. The summed E-state index contributed by atoms with van der Waals surface area (Å²) >= 11 is 3.29. The normalized spacial score (nSPS) is 9.50. The highest BCUT2D eigenvalue weighted by Gasteiger charge is 2.07. The van der Waals surface area contributed by atoms with Crippen LogP contribution in [0.15, 0.2) is 28.7 Å². The van der Waals surface area contributed by atoms with Crippen LogP contribution >= 0.6 is 28.3 Å². The molecule has 1 aromatic rings. The Balaban J connectivity index is 0.00000361. The van der Waals surface area contributed by atoms with Gasteiger partial charge in [-0.25, -0.2) is 0 Å². The standard InChI is InChI=1S/C13H18BrN3O2.ClH/c1-15-6-3-7-16-12(18)9-17-13(19)10-4-2-5-11(14)8-10;/h2,4-5,8,15H,3,6-7,9H2,1H3,(H,16,18)(H,17,19);1H. The highest BCUT2D eigenvalue weighted by molar-refractivity contribution is 9.10. The molecule has 5 nitrogen and oxygen atoms in total. The number of hydrogen-bond donors (Lipinski definition) is 3. The van der Waals surface area contributed by atoms with Crippen LogP contribution in [0.4, 0.5) is 0 Å². The Morgan fingerprint density at radius 3 is 2.60 bits per heavy atom. The van der Waals surface area contributed by atoms with Crippen LogP contribution in [0.3, 0.4) is 0 Å². The van der Waals surface area contributed by atoms with E-state index in [2.05, 4.69) is 31.9 Å². The van der Waals surface area contributed by atoms with Crippen LogP contribution in [0.2, 0.25) is 0 Å². The third kappa shape index (κ3) is 7.47. The number of halogens is 2. The maximum absolute atomic E-state index is 11.8. The van der Waals surface area contributed by atoms with Crippen molar-refractivity contribution in [3.8, 4) is 0 Å². The molecule has 0 aliphatic rings. The predicted octanol–water partition coefficient (Wildman–Crippen LogP) is 1.33. The maximum Gasteiger partial charge on any atom is 0.251 e. The molecule has 3 N–H and O–H groups in total. The maximum atomic E-state index is 11.8. The Hall–Kier alpha value is -1.11. The van der Waals surface area contributed by atoms with Gasteiger partial charge in [-0.2, -0.15) is 0 Å². The molecule has 1 rings (SSSR count). The third-order valence-electron chi connectivity index (χ3n) is 2.42. The minimum absolute atomic E-state index is 0. The minimum Gasteiger partial charge on any atom is -0.355 e. The van der Waals surface area contributed by atoms with Crippen molar-refractivity contribution in [1.82, 2.24) is 16.0 Å². The molecule has 0 bridgehead atoms. The Labute approximate surface area is 133 Å². The van der Waals surface area contributed by atoms with Gasteiger partial charge in [0, 0.05) is 16.6 Å². The van der Waals surface area contributed by atoms with E-state index in [0.717, 1.165) is 17.4 Å². The van der Waals surface area contributed by atoms with E-state index in [4.69, 9.17) is 0 Å². The van der Waals surface area contributed by atoms with Gasteiger partial charge >= 0.3 is 0 Å². The van der Waals surface area contributed by atoms with Crippen molar-refractivity contribution in [2.24, 2.45) is 0 Å². The first-order valence-electron chi connectivity index (χ1n) is 6.08. The Bertz CT molecular complexity index is 443. The summed E-state index contributed by atoms with van der Waals surface area (Å²) in [5.41, 5.74) is 0.525. The summed E-state index contributed by atoms with van der Waals surface area (Å²) in [5.74, 6) is -0.439. The predicted molar refractivity (Wildman–Crippen MR) is 85.3 cm³/mol. The fourth-order valence-corrected chi connectivity index (χ4v) is 1.85. The Morgan fingerprint density at radius 1 is 1.20 bits per heavy atom. The van der Waals surface area contributed by atoms with E-state index in [0.29, 0.717) is 12.1 Å². The summed E-state index contributed by atoms with van der Waals surface area (Å²) in [6.45, 7) is 1.45. The van der Waals surface area contributed by atoms with E-state index in [-0.39, 0.29) is 30.8 Å². The second-order valence-electron chi connectivity index (χ2n) is 4.00. The average Bonchev–Trinajstić information content (AvgIpc) is 2.41. The molecule has 7 heteroatoms. The van der Waals surface area contributed by atoms with Crippen LogP contribution in [0.25, 0.3) is 0 Å². The first-order valence-corrected chi connectivity index (χ1v) is 6.88. The quantitative estimate of drug-likeness (QED) is 0.639. The zero-order valence-corrected chi connectivity index (χ0v) is 13.6. The smallest absolute Gasteiger partial charge is 0.251 e. The zero-order valence-electron chi connectivity index (χ0n) is 11.2. The van der Waals surface area contributed by atoms with Crippen LogP contribution < -0.4 is 16.0 Å². The van der Waals surface area contributed by atoms with Crippen LogP contribution in [0.1, 0.15) is 16.8 Å². The molecule has 0 aromatic heterocycles. The summed E-state index contributed by atoms with van der Waals surface area (Å²) in [6, 6.07) is 7.02. The van der Waals surface area contributed by atoms with Gasteiger partial charge in [0.1, 0.15) is 0 Å². The molecule has 0 saturated carbocycles. The van der Waals surface area contributed by atoms with E-state index in [1.54, 1.807) is 18.2 Å². The van der Waals surface area contributed by atoms with E-state index < -0.39 is 0 Å². The lowest BCUT2D eigenvalue weighted by molar-refractivity contribution is -0.120. The molecule has 0 heterocycles. The topological polar surface area (TPSA) is 70.2 Å². The van der Waals surface area contributed by atoms with Crippen LogP contribution in [-0.4, -0.2) is 38.5 Å². The molecule has 0 aliphatic heterocycles. The third-order valence-corrected chi connectivity index (χ3v) is 2.92. The fourth-order valence-electron chi connectivity index (χ4n) is 1.45. The number of carbonyl (C=O) groups excluding carboxylic acids is 2. The molecule has 1 aromatic carbocycles. The molecule has 0 atom stereocenters. The lowest BCUT2D eigenvalue weighted by Gasteiger charge is -2.07. The van der Waals surface area contributed by atoms with E-state index >= 15 is 0 Å². The number of benzene rings is 1. The lowest BCUT2D eigenvalue weighted by Crippen LogP contribution is -2.37. The van der Waals surface area contributed by atoms with Crippen molar-refractivity contribution >= 4 is 40.2 Å². The molecule has 0 fully saturated rings. The highest BCUT2D eigenvalue weighted by atomic mass is 79.9. The Morgan fingerprint density at radius 2 is 1.95 bits per heavy atom. The summed E-state index contributed by atoms with van der Waals surface area (Å²) in [5, 5.41) is 8.31. The van der Waals surface area contributed by atoms with Crippen molar-refractivity contribution in [1.29, 1.82) is 0 Å². The number of carbonyl (C=O) groups is 2. The van der Waals surface area contributed by atoms with Gasteiger partial charge in [0.2, 0.25) is 5.91 Å². The van der Waals surface area contributed by atoms with Gasteiger partial charge in [0.15, 0.2) is 0 Å². The van der Waals surface area contributed by atoms with Gasteiger partial charge in [-0.15, -0.1) is 12.4 Å². The molecule has 112 valence electrons. The van der Waals surface area contributed by atoms with Crippen molar-refractivity contribution in [2.45, 2.75) is 6.42 Å². The van der Waals surface area contributed by atoms with Gasteiger partial charge < -0.3 is 16.0 Å². The molecule has 0 unspecified atom stereocenters. The number of hydrogen-bond acceptors (Lipinski definition) is 3. The summed E-state index contributed by atoms with van der Waals surface area (Å²) < 4.78 is 0.830. The van der Waals surface area contributed by atoms with Gasteiger partial charge in [0.25, 0.3) is 5.91 Å². The van der Waals surface area contributed by atoms with E-state index in [9.17, 15) is 9.59 Å². The largest absolute Gasteiger partial charge is 0.355 e. The average molecular weight is 365 g/mol. The van der Waals surface area contributed by atoms with Crippen LogP contribution in [0, 0.1) is 0 Å². The molecule has 0 saturated heterocycles. The molecular weight excluding hydrogens is 346 g/mol. The molecule has 0 spiro atoms. The van der Waals surface area contributed by atoms with Gasteiger partial charge in [-0.3, -0.25) is 9.59 Å². The number of amides is 2. The molecule has 0 radical (unpaired) electrons. The fraction of sp³-hybridized carbons (Fsp3) is 0.385. The first kappa shape index (κ1) is 18.9. The molecule has 0 aliphatic carbocycles. The molecule has 20 heavy (non-hydrogen) atoms. The lowest BCUT2D eigenvalue weighted by atomic mass is 10.2. The van der Waals surface area contributed by atoms with Crippen LogP contribution in [-0.2, 0) is 4.79 Å². The van der Waals surface area contributed by atoms with Gasteiger partial charge in [-0.1, -0.05) is 22.0 Å². The van der Waals surface area contributed by atoms with Crippen molar-refractivity contribution < 1.29 is 9.59 Å². The highest BCUT2D eigenvalue weighted by Crippen LogP contribution is 2.11. The second kappa shape index (κ2) is 10.7. The molecule has 2 amide bonds. The van der Waals surface area contributed by atoms with Crippen molar-refractivity contribution in [3.05, 3.63) is 34.3 Å². The minimum atomic E-state index is -0.258. The number of rotatable bonds is 7. The van der Waals surface area contributed by atoms with Crippen molar-refractivity contribution in [3.63, 3.8) is 0 Å². The first-order chi connectivity index (χ1) is 9.13.